The first kappa shape index (κ1) is 23.8. The molecule has 0 aliphatic carbocycles. The van der Waals surface area contributed by atoms with Crippen molar-refractivity contribution in [2.45, 2.75) is 46.2 Å². The molecular formula is C20H35IN4O2. The topological polar surface area (TPSA) is 69.1 Å². The second-order valence-electron chi connectivity index (χ2n) is 7.30. The van der Waals surface area contributed by atoms with Gasteiger partial charge in [-0.15, -0.1) is 24.0 Å². The fourth-order valence-corrected chi connectivity index (χ4v) is 3.27. The Labute approximate surface area is 180 Å². The number of phenolic OH excluding ortho intramolecular Hbond substituents is 1. The Morgan fingerprint density at radius 2 is 2.04 bits per heavy atom. The second kappa shape index (κ2) is 12.3. The van der Waals surface area contributed by atoms with Gasteiger partial charge in [0.2, 0.25) is 0 Å². The highest BCUT2D eigenvalue weighted by Gasteiger charge is 2.20. The number of piperidine rings is 1. The van der Waals surface area contributed by atoms with Crippen LogP contribution in [0.3, 0.4) is 0 Å². The number of benzene rings is 1. The van der Waals surface area contributed by atoms with Crippen LogP contribution in [0, 0.1) is 5.92 Å². The average Bonchev–Trinajstić information content (AvgIpc) is 2.62. The number of aliphatic imine (C=N–C) groups is 1. The van der Waals surface area contributed by atoms with Gasteiger partial charge in [0.25, 0.3) is 0 Å². The molecule has 0 unspecified atom stereocenters. The molecule has 3 N–H and O–H groups in total. The Bertz CT molecular complexity index is 587. The van der Waals surface area contributed by atoms with Crippen LogP contribution in [0.5, 0.6) is 11.5 Å². The van der Waals surface area contributed by atoms with Crippen molar-refractivity contribution in [1.29, 1.82) is 0 Å². The SMILES string of the molecule is CCNC(=NCc1cc(OC)ccc1O)NC1CCN(CC(C)C)CC1.I. The van der Waals surface area contributed by atoms with E-state index in [0.717, 1.165) is 49.7 Å². The van der Waals surface area contributed by atoms with Crippen molar-refractivity contribution < 1.29 is 9.84 Å². The molecule has 0 atom stereocenters. The highest BCUT2D eigenvalue weighted by atomic mass is 127. The van der Waals surface area contributed by atoms with E-state index in [9.17, 15) is 5.11 Å². The predicted molar refractivity (Wildman–Crippen MR) is 122 cm³/mol. The lowest BCUT2D eigenvalue weighted by Crippen LogP contribution is -2.49. The van der Waals surface area contributed by atoms with Gasteiger partial charge in [0.1, 0.15) is 11.5 Å². The molecule has 2 rings (SSSR count). The molecular weight excluding hydrogens is 455 g/mol. The first-order chi connectivity index (χ1) is 12.5. The number of guanidine groups is 1. The van der Waals surface area contributed by atoms with E-state index in [4.69, 9.17) is 4.74 Å². The molecule has 1 aromatic carbocycles. The maximum Gasteiger partial charge on any atom is 0.191 e. The summed E-state index contributed by atoms with van der Waals surface area (Å²) in [5.41, 5.74) is 0.758. The van der Waals surface area contributed by atoms with Gasteiger partial charge in [-0.05, 0) is 43.9 Å². The summed E-state index contributed by atoms with van der Waals surface area (Å²) in [5, 5.41) is 16.9. The van der Waals surface area contributed by atoms with E-state index in [2.05, 4.69) is 41.3 Å². The van der Waals surface area contributed by atoms with Gasteiger partial charge in [0, 0.05) is 37.8 Å². The van der Waals surface area contributed by atoms with E-state index in [0.29, 0.717) is 18.5 Å². The summed E-state index contributed by atoms with van der Waals surface area (Å²) in [6, 6.07) is 5.66. The normalized spacial score (nSPS) is 16.1. The van der Waals surface area contributed by atoms with Crippen molar-refractivity contribution in [3.05, 3.63) is 23.8 Å². The third-order valence-electron chi connectivity index (χ3n) is 4.59. The summed E-state index contributed by atoms with van der Waals surface area (Å²) in [7, 11) is 1.62. The number of phenols is 1. The number of hydrogen-bond acceptors (Lipinski definition) is 4. The van der Waals surface area contributed by atoms with Crippen LogP contribution >= 0.6 is 24.0 Å². The van der Waals surface area contributed by atoms with Gasteiger partial charge >= 0.3 is 0 Å². The second-order valence-corrected chi connectivity index (χ2v) is 7.30. The Kier molecular flexibility index (Phi) is 10.8. The Morgan fingerprint density at radius 1 is 1.33 bits per heavy atom. The van der Waals surface area contributed by atoms with Crippen LogP contribution in [0.2, 0.25) is 0 Å². The molecule has 0 radical (unpaired) electrons. The number of nitrogens with zero attached hydrogens (tertiary/aromatic N) is 2. The Hall–Kier alpha value is -1.22. The summed E-state index contributed by atoms with van der Waals surface area (Å²) < 4.78 is 5.23. The number of hydrogen-bond donors (Lipinski definition) is 3. The molecule has 6 nitrogen and oxygen atoms in total. The molecule has 7 heteroatoms. The van der Waals surface area contributed by atoms with Gasteiger partial charge in [0.05, 0.1) is 13.7 Å². The van der Waals surface area contributed by atoms with Crippen molar-refractivity contribution in [1.82, 2.24) is 15.5 Å². The summed E-state index contributed by atoms with van der Waals surface area (Å²) >= 11 is 0. The fourth-order valence-electron chi connectivity index (χ4n) is 3.27. The fraction of sp³-hybridized carbons (Fsp3) is 0.650. The Balaban J connectivity index is 0.00000364. The molecule has 1 saturated heterocycles. The van der Waals surface area contributed by atoms with Crippen LogP contribution in [-0.2, 0) is 6.54 Å². The number of aromatic hydroxyl groups is 1. The van der Waals surface area contributed by atoms with Gasteiger partial charge in [-0.25, -0.2) is 4.99 Å². The largest absolute Gasteiger partial charge is 0.508 e. The first-order valence-electron chi connectivity index (χ1n) is 9.64. The zero-order valence-corrected chi connectivity index (χ0v) is 19.3. The zero-order valence-electron chi connectivity index (χ0n) is 17.0. The lowest BCUT2D eigenvalue weighted by atomic mass is 10.0. The number of methoxy groups -OCH3 is 1. The monoisotopic (exact) mass is 490 g/mol. The summed E-state index contributed by atoms with van der Waals surface area (Å²) in [5.74, 6) is 2.49. The summed E-state index contributed by atoms with van der Waals surface area (Å²) in [6.07, 6.45) is 2.25. The standard InChI is InChI=1S/C20H34N4O2.HI/c1-5-21-20(22-13-16-12-18(26-4)6-7-19(16)25)23-17-8-10-24(11-9-17)14-15(2)3;/h6-7,12,15,17,25H,5,8-11,13-14H2,1-4H3,(H2,21,22,23);1H. The molecule has 1 aromatic rings. The maximum absolute atomic E-state index is 10.0. The number of nitrogens with one attached hydrogen (secondary N) is 2. The van der Waals surface area contributed by atoms with Crippen LogP contribution < -0.4 is 15.4 Å². The average molecular weight is 490 g/mol. The summed E-state index contributed by atoms with van der Waals surface area (Å²) in [4.78, 5) is 7.19. The Morgan fingerprint density at radius 3 is 2.63 bits per heavy atom. The molecule has 0 amide bonds. The van der Waals surface area contributed by atoms with E-state index in [-0.39, 0.29) is 29.7 Å². The highest BCUT2D eigenvalue weighted by Crippen LogP contribution is 2.23. The number of rotatable bonds is 7. The molecule has 1 heterocycles. The minimum absolute atomic E-state index is 0. The van der Waals surface area contributed by atoms with Crippen molar-refractivity contribution >= 4 is 29.9 Å². The molecule has 0 aromatic heterocycles. The van der Waals surface area contributed by atoms with Gasteiger partial charge in [0.15, 0.2) is 5.96 Å². The minimum Gasteiger partial charge on any atom is -0.508 e. The van der Waals surface area contributed by atoms with Gasteiger partial charge in [-0.1, -0.05) is 13.8 Å². The van der Waals surface area contributed by atoms with Crippen LogP contribution in [0.15, 0.2) is 23.2 Å². The number of likely N-dealkylation sites (tertiary alicyclic amines) is 1. The van der Waals surface area contributed by atoms with Crippen molar-refractivity contribution in [3.8, 4) is 11.5 Å². The third-order valence-corrected chi connectivity index (χ3v) is 4.59. The van der Waals surface area contributed by atoms with Gasteiger partial charge in [-0.2, -0.15) is 0 Å². The summed E-state index contributed by atoms with van der Waals surface area (Å²) in [6.45, 7) is 11.3. The first-order valence-corrected chi connectivity index (χ1v) is 9.64. The molecule has 27 heavy (non-hydrogen) atoms. The van der Waals surface area contributed by atoms with Crippen LogP contribution in [-0.4, -0.2) is 55.3 Å². The third kappa shape index (κ3) is 8.13. The van der Waals surface area contributed by atoms with Gasteiger partial charge < -0.3 is 25.4 Å². The van der Waals surface area contributed by atoms with Crippen LogP contribution in [0.1, 0.15) is 39.2 Å². The smallest absolute Gasteiger partial charge is 0.191 e. The van der Waals surface area contributed by atoms with Gasteiger partial charge in [-0.3, -0.25) is 0 Å². The molecule has 1 aliphatic heterocycles. The lowest BCUT2D eigenvalue weighted by molar-refractivity contribution is 0.187. The molecule has 0 spiro atoms. The van der Waals surface area contributed by atoms with E-state index in [1.54, 1.807) is 19.2 Å². The maximum atomic E-state index is 10.0. The van der Waals surface area contributed by atoms with Crippen LogP contribution in [0.4, 0.5) is 0 Å². The van der Waals surface area contributed by atoms with Crippen molar-refractivity contribution in [3.63, 3.8) is 0 Å². The quantitative estimate of drug-likeness (QED) is 0.311. The molecule has 154 valence electrons. The lowest BCUT2D eigenvalue weighted by Gasteiger charge is -2.34. The molecule has 1 aliphatic rings. The number of halogens is 1. The minimum atomic E-state index is 0. The predicted octanol–water partition coefficient (Wildman–Crippen LogP) is 3.19. The molecule has 0 bridgehead atoms. The van der Waals surface area contributed by atoms with E-state index >= 15 is 0 Å². The number of ether oxygens (including phenoxy) is 1. The molecule has 0 saturated carbocycles. The van der Waals surface area contributed by atoms with Crippen molar-refractivity contribution in [2.24, 2.45) is 10.9 Å². The van der Waals surface area contributed by atoms with E-state index < -0.39 is 0 Å². The zero-order chi connectivity index (χ0) is 18.9. The van der Waals surface area contributed by atoms with Crippen molar-refractivity contribution in [2.75, 3.05) is 33.3 Å². The highest BCUT2D eigenvalue weighted by molar-refractivity contribution is 14.0. The van der Waals surface area contributed by atoms with Crippen LogP contribution in [0.25, 0.3) is 0 Å². The molecule has 1 fully saturated rings. The van der Waals surface area contributed by atoms with E-state index in [1.807, 2.05) is 6.07 Å². The van der Waals surface area contributed by atoms with E-state index in [1.165, 1.54) is 6.54 Å².